The van der Waals surface area contributed by atoms with Crippen LogP contribution in [-0.4, -0.2) is 31.5 Å². The van der Waals surface area contributed by atoms with E-state index in [1.165, 1.54) is 6.92 Å². The third kappa shape index (κ3) is 4.83. The summed E-state index contributed by atoms with van der Waals surface area (Å²) >= 11 is 3.46. The number of nitrogens with zero attached hydrogens (tertiary/aromatic N) is 1. The van der Waals surface area contributed by atoms with Crippen LogP contribution in [0.4, 0.5) is 5.69 Å². The summed E-state index contributed by atoms with van der Waals surface area (Å²) in [5, 5.41) is 2.68. The Morgan fingerprint density at radius 2 is 2.00 bits per heavy atom. The molecule has 2 aromatic rings. The second kappa shape index (κ2) is 8.91. The second-order valence-electron chi connectivity index (χ2n) is 6.06. The van der Waals surface area contributed by atoms with Gasteiger partial charge in [0, 0.05) is 18.2 Å². The summed E-state index contributed by atoms with van der Waals surface area (Å²) in [6.45, 7) is 3.81. The SMILES string of the molecule is CCOc1c(Br)cc(/C=C2\N=C(c3ccc(NC(C)=O)cc3)OC2=O)cc1OC. The predicted molar refractivity (Wildman–Crippen MR) is 113 cm³/mol. The molecule has 1 aliphatic heterocycles. The van der Waals surface area contributed by atoms with Gasteiger partial charge in [-0.15, -0.1) is 0 Å². The summed E-state index contributed by atoms with van der Waals surface area (Å²) in [4.78, 5) is 27.7. The van der Waals surface area contributed by atoms with Crippen molar-refractivity contribution in [2.24, 2.45) is 4.99 Å². The van der Waals surface area contributed by atoms with Crippen LogP contribution in [0.1, 0.15) is 25.0 Å². The van der Waals surface area contributed by atoms with Crippen molar-refractivity contribution in [3.63, 3.8) is 0 Å². The minimum atomic E-state index is -0.546. The number of hydrogen-bond acceptors (Lipinski definition) is 6. The first kappa shape index (κ1) is 20.6. The molecule has 0 radical (unpaired) electrons. The van der Waals surface area contributed by atoms with Crippen molar-refractivity contribution in [2.45, 2.75) is 13.8 Å². The normalized spacial score (nSPS) is 14.4. The Balaban J connectivity index is 1.88. The highest BCUT2D eigenvalue weighted by Gasteiger charge is 2.24. The van der Waals surface area contributed by atoms with Gasteiger partial charge < -0.3 is 19.5 Å². The Bertz CT molecular complexity index is 1010. The minimum Gasteiger partial charge on any atom is -0.493 e. The Morgan fingerprint density at radius 3 is 2.62 bits per heavy atom. The molecular formula is C21H19BrN2O5. The van der Waals surface area contributed by atoms with E-state index in [0.717, 1.165) is 0 Å². The second-order valence-corrected chi connectivity index (χ2v) is 6.92. The predicted octanol–water partition coefficient (Wildman–Crippen LogP) is 4.16. The number of aliphatic imine (C=N–C) groups is 1. The number of nitrogens with one attached hydrogen (secondary N) is 1. The van der Waals surface area contributed by atoms with E-state index in [0.29, 0.717) is 39.4 Å². The molecule has 150 valence electrons. The van der Waals surface area contributed by atoms with Crippen molar-refractivity contribution >= 4 is 45.5 Å². The Labute approximate surface area is 176 Å². The summed E-state index contributed by atoms with van der Waals surface area (Å²) in [5.74, 6) is 0.624. The van der Waals surface area contributed by atoms with Gasteiger partial charge >= 0.3 is 5.97 Å². The largest absolute Gasteiger partial charge is 0.493 e. The lowest BCUT2D eigenvalue weighted by Crippen LogP contribution is -2.07. The molecule has 1 aliphatic rings. The summed E-state index contributed by atoms with van der Waals surface area (Å²) < 4.78 is 16.9. The molecular weight excluding hydrogens is 440 g/mol. The van der Waals surface area contributed by atoms with Crippen LogP contribution in [0.25, 0.3) is 6.08 Å². The molecule has 7 nitrogen and oxygen atoms in total. The summed E-state index contributed by atoms with van der Waals surface area (Å²) in [7, 11) is 1.55. The first-order valence-electron chi connectivity index (χ1n) is 8.82. The number of carbonyl (C=O) groups is 2. The number of hydrogen-bond donors (Lipinski definition) is 1. The monoisotopic (exact) mass is 458 g/mol. The third-order valence-corrected chi connectivity index (χ3v) is 4.51. The molecule has 0 spiro atoms. The van der Waals surface area contributed by atoms with E-state index in [1.54, 1.807) is 43.5 Å². The van der Waals surface area contributed by atoms with E-state index in [4.69, 9.17) is 14.2 Å². The smallest absolute Gasteiger partial charge is 0.363 e. The van der Waals surface area contributed by atoms with E-state index >= 15 is 0 Å². The Morgan fingerprint density at radius 1 is 1.28 bits per heavy atom. The van der Waals surface area contributed by atoms with Crippen molar-refractivity contribution in [1.82, 2.24) is 0 Å². The maximum absolute atomic E-state index is 12.3. The third-order valence-electron chi connectivity index (χ3n) is 3.92. The van der Waals surface area contributed by atoms with Gasteiger partial charge in [0.05, 0.1) is 18.2 Å². The maximum atomic E-state index is 12.3. The lowest BCUT2D eigenvalue weighted by Gasteiger charge is -2.12. The molecule has 0 bridgehead atoms. The van der Waals surface area contributed by atoms with E-state index in [9.17, 15) is 9.59 Å². The molecule has 0 fully saturated rings. The quantitative estimate of drug-likeness (QED) is 0.518. The van der Waals surface area contributed by atoms with Gasteiger partial charge in [-0.3, -0.25) is 4.79 Å². The van der Waals surface area contributed by atoms with Crippen LogP contribution < -0.4 is 14.8 Å². The van der Waals surface area contributed by atoms with Crippen LogP contribution >= 0.6 is 15.9 Å². The van der Waals surface area contributed by atoms with E-state index < -0.39 is 5.97 Å². The number of ether oxygens (including phenoxy) is 3. The highest BCUT2D eigenvalue weighted by Crippen LogP contribution is 2.37. The van der Waals surface area contributed by atoms with Gasteiger partial charge in [0.15, 0.2) is 17.2 Å². The molecule has 1 amide bonds. The molecule has 0 unspecified atom stereocenters. The molecule has 0 saturated heterocycles. The van der Waals surface area contributed by atoms with Crippen molar-refractivity contribution in [2.75, 3.05) is 19.0 Å². The summed E-state index contributed by atoms with van der Waals surface area (Å²) in [5.41, 5.74) is 2.15. The fraction of sp³-hybridized carbons (Fsp3) is 0.190. The molecule has 8 heteroatoms. The zero-order chi connectivity index (χ0) is 21.0. The van der Waals surface area contributed by atoms with Crippen molar-refractivity contribution < 1.29 is 23.8 Å². The molecule has 0 atom stereocenters. The fourth-order valence-electron chi connectivity index (χ4n) is 2.70. The first-order valence-corrected chi connectivity index (χ1v) is 9.61. The molecule has 29 heavy (non-hydrogen) atoms. The molecule has 1 heterocycles. The van der Waals surface area contributed by atoms with Gasteiger partial charge in [0.1, 0.15) is 0 Å². The number of anilines is 1. The van der Waals surface area contributed by atoms with Gasteiger partial charge in [-0.25, -0.2) is 9.79 Å². The minimum absolute atomic E-state index is 0.162. The van der Waals surface area contributed by atoms with Crippen LogP contribution in [0.5, 0.6) is 11.5 Å². The number of methoxy groups -OCH3 is 1. The average Bonchev–Trinajstić information content (AvgIpc) is 3.04. The lowest BCUT2D eigenvalue weighted by atomic mass is 10.1. The number of carbonyl (C=O) groups excluding carboxylic acids is 2. The van der Waals surface area contributed by atoms with Crippen LogP contribution in [0, 0.1) is 0 Å². The van der Waals surface area contributed by atoms with Gasteiger partial charge in [0.25, 0.3) is 0 Å². The van der Waals surface area contributed by atoms with Crippen LogP contribution in [0.15, 0.2) is 51.6 Å². The average molecular weight is 459 g/mol. The molecule has 0 aromatic heterocycles. The molecule has 2 aromatic carbocycles. The van der Waals surface area contributed by atoms with Crippen molar-refractivity contribution in [3.8, 4) is 11.5 Å². The molecule has 0 saturated carbocycles. The van der Waals surface area contributed by atoms with Gasteiger partial charge in [-0.2, -0.15) is 0 Å². The standard InChI is InChI=1S/C21H19BrN2O5/c1-4-28-19-16(22)9-13(11-18(19)27-3)10-17-21(26)29-20(24-17)14-5-7-15(8-6-14)23-12(2)25/h5-11H,4H2,1-3H3,(H,23,25)/b17-10-. The van der Waals surface area contributed by atoms with Crippen LogP contribution in [0.3, 0.4) is 0 Å². The topological polar surface area (TPSA) is 86.2 Å². The number of esters is 1. The maximum Gasteiger partial charge on any atom is 0.363 e. The van der Waals surface area contributed by atoms with Crippen LogP contribution in [0.2, 0.25) is 0 Å². The number of halogens is 1. The number of rotatable bonds is 6. The molecule has 1 N–H and O–H groups in total. The summed E-state index contributed by atoms with van der Waals surface area (Å²) in [6.07, 6.45) is 1.62. The van der Waals surface area contributed by atoms with E-state index in [1.807, 2.05) is 13.0 Å². The van der Waals surface area contributed by atoms with E-state index in [2.05, 4.69) is 26.2 Å². The lowest BCUT2D eigenvalue weighted by molar-refractivity contribution is -0.129. The molecule has 3 rings (SSSR count). The van der Waals surface area contributed by atoms with Gasteiger partial charge in [-0.05, 0) is 70.9 Å². The summed E-state index contributed by atoms with van der Waals surface area (Å²) in [6, 6.07) is 10.4. The van der Waals surface area contributed by atoms with Crippen molar-refractivity contribution in [1.29, 1.82) is 0 Å². The van der Waals surface area contributed by atoms with Gasteiger partial charge in [0.2, 0.25) is 11.8 Å². The number of benzene rings is 2. The highest BCUT2D eigenvalue weighted by atomic mass is 79.9. The molecule has 0 aliphatic carbocycles. The van der Waals surface area contributed by atoms with Crippen LogP contribution in [-0.2, 0) is 14.3 Å². The van der Waals surface area contributed by atoms with Crippen molar-refractivity contribution in [3.05, 3.63) is 57.7 Å². The zero-order valence-electron chi connectivity index (χ0n) is 16.1. The highest BCUT2D eigenvalue weighted by molar-refractivity contribution is 9.10. The number of cyclic esters (lactones) is 1. The van der Waals surface area contributed by atoms with Gasteiger partial charge in [-0.1, -0.05) is 0 Å². The van der Waals surface area contributed by atoms with E-state index in [-0.39, 0.29) is 17.5 Å². The zero-order valence-corrected chi connectivity index (χ0v) is 17.7. The number of amides is 1. The first-order chi connectivity index (χ1) is 13.9. The fourth-order valence-corrected chi connectivity index (χ4v) is 3.27. The Kier molecular flexibility index (Phi) is 6.33. The Hall–Kier alpha value is -3.13.